The molecule has 0 amide bonds. The van der Waals surface area contributed by atoms with Gasteiger partial charge in [0.25, 0.3) is 0 Å². The molecular weight excluding hydrogens is 498 g/mol. The van der Waals surface area contributed by atoms with Crippen LogP contribution in [0.4, 0.5) is 0 Å². The van der Waals surface area contributed by atoms with Gasteiger partial charge in [0, 0.05) is 39.6 Å². The van der Waals surface area contributed by atoms with Crippen LogP contribution in [0, 0.1) is 0 Å². The smallest absolute Gasteiger partial charge is 0.0971 e. The zero-order valence-corrected chi connectivity index (χ0v) is 23.4. The van der Waals surface area contributed by atoms with E-state index in [2.05, 4.69) is 140 Å². The van der Waals surface area contributed by atoms with Gasteiger partial charge in [-0.2, -0.15) is 0 Å². The maximum absolute atomic E-state index is 4.72. The fourth-order valence-electron chi connectivity index (χ4n) is 6.35. The third-order valence-electron chi connectivity index (χ3n) is 8.42. The molecule has 6 aromatic carbocycles. The predicted octanol–water partition coefficient (Wildman–Crippen LogP) is 10.00. The van der Waals surface area contributed by atoms with E-state index in [4.69, 9.17) is 4.98 Å². The summed E-state index contributed by atoms with van der Waals surface area (Å²) in [6, 6.07) is 39.8. The van der Waals surface area contributed by atoms with Crippen LogP contribution >= 0.6 is 0 Å². The number of hydrogen-bond donors (Lipinski definition) is 0. The van der Waals surface area contributed by atoms with Gasteiger partial charge in [-0.25, -0.2) is 0 Å². The van der Waals surface area contributed by atoms with E-state index in [1.807, 2.05) is 0 Å². The third-order valence-corrected chi connectivity index (χ3v) is 8.42. The number of rotatable bonds is 2. The van der Waals surface area contributed by atoms with Crippen LogP contribution in [0.2, 0.25) is 0 Å². The first-order chi connectivity index (χ1) is 20.0. The Hall–Kier alpha value is -5.02. The van der Waals surface area contributed by atoms with Gasteiger partial charge in [0.2, 0.25) is 0 Å². The molecule has 0 aliphatic carbocycles. The van der Waals surface area contributed by atoms with E-state index < -0.39 is 0 Å². The normalized spacial score (nSPS) is 12.3. The Kier molecular flexibility index (Phi) is 5.08. The molecule has 3 heteroatoms. The molecule has 0 atom stereocenters. The van der Waals surface area contributed by atoms with Crippen LogP contribution in [0.3, 0.4) is 0 Å². The Balaban J connectivity index is 1.35. The van der Waals surface area contributed by atoms with Crippen molar-refractivity contribution in [3.63, 3.8) is 0 Å². The molecule has 0 spiro atoms. The Morgan fingerprint density at radius 2 is 1.15 bits per heavy atom. The highest BCUT2D eigenvalue weighted by molar-refractivity contribution is 6.23. The van der Waals surface area contributed by atoms with Crippen LogP contribution in [0.1, 0.15) is 26.3 Å². The maximum Gasteiger partial charge on any atom is 0.0971 e. The topological polar surface area (TPSA) is 30.7 Å². The lowest BCUT2D eigenvalue weighted by Gasteiger charge is -2.19. The maximum atomic E-state index is 4.72. The average molecular weight is 528 g/mol. The van der Waals surface area contributed by atoms with E-state index in [9.17, 15) is 0 Å². The first-order valence-electron chi connectivity index (χ1n) is 14.2. The lowest BCUT2D eigenvalue weighted by Crippen LogP contribution is -2.10. The Morgan fingerprint density at radius 3 is 1.93 bits per heavy atom. The van der Waals surface area contributed by atoms with E-state index in [1.165, 1.54) is 49.3 Å². The number of benzene rings is 6. The van der Waals surface area contributed by atoms with Crippen molar-refractivity contribution in [1.29, 1.82) is 0 Å². The third kappa shape index (κ3) is 3.66. The largest absolute Gasteiger partial charge is 0.309 e. The molecule has 0 bridgehead atoms. The van der Waals surface area contributed by atoms with Crippen LogP contribution in [0.5, 0.6) is 0 Å². The van der Waals surface area contributed by atoms with Crippen LogP contribution in [-0.2, 0) is 5.41 Å². The summed E-state index contributed by atoms with van der Waals surface area (Å²) < 4.78 is 2.40. The number of fused-ring (bicyclic) bond motifs is 9. The predicted molar refractivity (Wildman–Crippen MR) is 173 cm³/mol. The molecule has 0 saturated carbocycles. The molecule has 0 aliphatic heterocycles. The molecule has 0 N–H and O–H groups in total. The highest BCUT2D eigenvalue weighted by atomic mass is 15.0. The van der Waals surface area contributed by atoms with Gasteiger partial charge in [0.05, 0.1) is 22.1 Å². The van der Waals surface area contributed by atoms with Crippen LogP contribution in [0.25, 0.3) is 71.2 Å². The molecule has 2 heterocycles. The van der Waals surface area contributed by atoms with Crippen molar-refractivity contribution in [1.82, 2.24) is 14.5 Å². The molecular formula is C38H29N3. The molecule has 0 radical (unpaired) electrons. The fourth-order valence-corrected chi connectivity index (χ4v) is 6.35. The summed E-state index contributed by atoms with van der Waals surface area (Å²) in [4.78, 5) is 9.41. The number of hydrogen-bond acceptors (Lipinski definition) is 2. The lowest BCUT2D eigenvalue weighted by molar-refractivity contribution is 0.591. The van der Waals surface area contributed by atoms with E-state index >= 15 is 0 Å². The van der Waals surface area contributed by atoms with E-state index in [1.54, 1.807) is 12.4 Å². The lowest BCUT2D eigenvalue weighted by atomic mass is 9.86. The highest BCUT2D eigenvalue weighted by Gasteiger charge is 2.18. The van der Waals surface area contributed by atoms with E-state index in [0.717, 1.165) is 27.5 Å². The summed E-state index contributed by atoms with van der Waals surface area (Å²) in [5.74, 6) is 0. The summed E-state index contributed by atoms with van der Waals surface area (Å²) in [6.07, 6.45) is 3.56. The van der Waals surface area contributed by atoms with Crippen molar-refractivity contribution in [2.24, 2.45) is 0 Å². The van der Waals surface area contributed by atoms with E-state index in [-0.39, 0.29) is 5.41 Å². The van der Waals surface area contributed by atoms with Crippen molar-refractivity contribution < 1.29 is 0 Å². The number of nitrogens with zero attached hydrogens (tertiary/aromatic N) is 3. The first-order valence-corrected chi connectivity index (χ1v) is 14.2. The van der Waals surface area contributed by atoms with Crippen molar-refractivity contribution in [3.8, 4) is 16.8 Å². The monoisotopic (exact) mass is 527 g/mol. The molecule has 8 aromatic rings. The van der Waals surface area contributed by atoms with Crippen molar-refractivity contribution in [2.75, 3.05) is 0 Å². The molecule has 0 aliphatic rings. The van der Waals surface area contributed by atoms with Gasteiger partial charge in [-0.15, -0.1) is 0 Å². The fraction of sp³-hybridized carbons (Fsp3) is 0.105. The zero-order chi connectivity index (χ0) is 27.7. The second-order valence-electron chi connectivity index (χ2n) is 11.9. The van der Waals surface area contributed by atoms with Gasteiger partial charge in [0.15, 0.2) is 0 Å². The summed E-state index contributed by atoms with van der Waals surface area (Å²) >= 11 is 0. The Labute approximate surface area is 238 Å². The summed E-state index contributed by atoms with van der Waals surface area (Å²) in [5, 5.41) is 7.24. The summed E-state index contributed by atoms with van der Waals surface area (Å²) in [7, 11) is 0. The highest BCUT2D eigenvalue weighted by Crippen LogP contribution is 2.38. The van der Waals surface area contributed by atoms with Gasteiger partial charge in [0.1, 0.15) is 0 Å². The van der Waals surface area contributed by atoms with Gasteiger partial charge < -0.3 is 4.57 Å². The number of para-hydroxylation sites is 1. The summed E-state index contributed by atoms with van der Waals surface area (Å²) in [6.45, 7) is 6.83. The quantitative estimate of drug-likeness (QED) is 0.209. The van der Waals surface area contributed by atoms with Gasteiger partial charge >= 0.3 is 0 Å². The minimum absolute atomic E-state index is 0.0917. The van der Waals surface area contributed by atoms with Gasteiger partial charge in [-0.05, 0) is 69.3 Å². The Bertz CT molecular complexity index is 2270. The number of aromatic nitrogens is 3. The standard InChI is InChI=1S/C38H29N3/c1-38(2,3)26-16-18-35-33(23-26)29-12-6-7-14-34(29)41(35)27-10-8-9-24(21-27)25-15-17-31-32(22-25)28-11-4-5-13-30(28)36-37(31)40-20-19-39-36/h4-23H,1-3H3. The first kappa shape index (κ1) is 23.8. The molecule has 3 nitrogen and oxygen atoms in total. The van der Waals surface area contributed by atoms with Gasteiger partial charge in [-0.1, -0.05) is 93.6 Å². The molecule has 41 heavy (non-hydrogen) atoms. The van der Waals surface area contributed by atoms with Crippen LogP contribution in [-0.4, -0.2) is 14.5 Å². The zero-order valence-electron chi connectivity index (χ0n) is 23.4. The van der Waals surface area contributed by atoms with Crippen molar-refractivity contribution in [3.05, 3.63) is 127 Å². The molecule has 0 unspecified atom stereocenters. The summed E-state index contributed by atoms with van der Waals surface area (Å²) in [5.41, 5.74) is 9.32. The van der Waals surface area contributed by atoms with Crippen LogP contribution < -0.4 is 0 Å². The molecule has 2 aromatic heterocycles. The van der Waals surface area contributed by atoms with Gasteiger partial charge in [-0.3, -0.25) is 9.97 Å². The molecule has 196 valence electrons. The SMILES string of the molecule is CC(C)(C)c1ccc2c(c1)c1ccccc1n2-c1cccc(-c2ccc3c(c2)c2ccccc2c2nccnc32)c1. The molecule has 0 saturated heterocycles. The average Bonchev–Trinajstić information content (AvgIpc) is 3.34. The minimum Gasteiger partial charge on any atom is -0.309 e. The second-order valence-corrected chi connectivity index (χ2v) is 11.9. The van der Waals surface area contributed by atoms with Crippen LogP contribution in [0.15, 0.2) is 122 Å². The molecule has 0 fully saturated rings. The Morgan fingerprint density at radius 1 is 0.488 bits per heavy atom. The second kappa shape index (κ2) is 8.74. The van der Waals surface area contributed by atoms with Crippen molar-refractivity contribution in [2.45, 2.75) is 26.2 Å². The minimum atomic E-state index is 0.0917. The molecule has 8 rings (SSSR count). The van der Waals surface area contributed by atoms with Crippen molar-refractivity contribution >= 4 is 54.4 Å². The van der Waals surface area contributed by atoms with E-state index in [0.29, 0.717) is 0 Å².